The summed E-state index contributed by atoms with van der Waals surface area (Å²) in [6, 6.07) is 6.39. The van der Waals surface area contributed by atoms with Crippen molar-refractivity contribution in [3.63, 3.8) is 0 Å². The Kier molecular flexibility index (Phi) is 4.83. The van der Waals surface area contributed by atoms with Crippen molar-refractivity contribution in [2.75, 3.05) is 18.8 Å². The van der Waals surface area contributed by atoms with E-state index in [1.807, 2.05) is 0 Å². The summed E-state index contributed by atoms with van der Waals surface area (Å²) in [4.78, 5) is 2.41. The van der Waals surface area contributed by atoms with Crippen molar-refractivity contribution in [2.24, 2.45) is 11.1 Å². The number of aryl methyl sites for hydroxylation is 2. The molecule has 0 saturated carbocycles. The fourth-order valence-corrected chi connectivity index (χ4v) is 3.95. The molecule has 0 aromatic heterocycles. The minimum atomic E-state index is -3.33. The lowest BCUT2D eigenvalue weighted by molar-refractivity contribution is 0.185. The number of benzene rings is 1. The lowest BCUT2D eigenvalue weighted by Gasteiger charge is -2.32. The van der Waals surface area contributed by atoms with Gasteiger partial charge in [-0.25, -0.2) is 13.6 Å². The minimum absolute atomic E-state index is 0.129. The van der Waals surface area contributed by atoms with Crippen molar-refractivity contribution in [3.05, 3.63) is 34.9 Å². The largest absolute Gasteiger partial charge is 0.299 e. The van der Waals surface area contributed by atoms with E-state index in [9.17, 15) is 8.42 Å². The van der Waals surface area contributed by atoms with Crippen molar-refractivity contribution in [1.82, 2.24) is 4.90 Å². The number of piperidine rings is 1. The molecule has 2 N–H and O–H groups in total. The van der Waals surface area contributed by atoms with Crippen LogP contribution in [0, 0.1) is 19.8 Å². The predicted octanol–water partition coefficient (Wildman–Crippen LogP) is 1.80. The topological polar surface area (TPSA) is 63.4 Å². The van der Waals surface area contributed by atoms with Gasteiger partial charge in [0.05, 0.1) is 5.75 Å². The quantitative estimate of drug-likeness (QED) is 0.921. The first-order chi connectivity index (χ1) is 9.35. The smallest absolute Gasteiger partial charge is 0.209 e. The van der Waals surface area contributed by atoms with Crippen LogP contribution in [0.15, 0.2) is 18.2 Å². The van der Waals surface area contributed by atoms with Crippen LogP contribution in [0.1, 0.15) is 29.5 Å². The SMILES string of the molecule is Cc1cccc(C)c1CN1CCC(CS(N)(=O)=O)CC1. The van der Waals surface area contributed by atoms with E-state index in [0.717, 1.165) is 32.5 Å². The summed E-state index contributed by atoms with van der Waals surface area (Å²) in [6.45, 7) is 7.16. The maximum atomic E-state index is 11.1. The molecular formula is C15H24N2O2S. The zero-order chi connectivity index (χ0) is 14.8. The van der Waals surface area contributed by atoms with Gasteiger partial charge in [-0.15, -0.1) is 0 Å². The number of hydrogen-bond acceptors (Lipinski definition) is 3. The van der Waals surface area contributed by atoms with Gasteiger partial charge in [-0.3, -0.25) is 4.90 Å². The van der Waals surface area contributed by atoms with Crippen LogP contribution >= 0.6 is 0 Å². The molecule has 1 aromatic rings. The molecule has 1 aliphatic rings. The highest BCUT2D eigenvalue weighted by Crippen LogP contribution is 2.22. The average Bonchev–Trinajstić information content (AvgIpc) is 2.34. The Labute approximate surface area is 122 Å². The van der Waals surface area contributed by atoms with Gasteiger partial charge in [-0.1, -0.05) is 18.2 Å². The van der Waals surface area contributed by atoms with Gasteiger partial charge >= 0.3 is 0 Å². The Hall–Kier alpha value is -0.910. The van der Waals surface area contributed by atoms with Crippen molar-refractivity contribution >= 4 is 10.0 Å². The molecule has 1 aromatic carbocycles. The minimum Gasteiger partial charge on any atom is -0.299 e. The molecule has 1 fully saturated rings. The molecule has 0 unspecified atom stereocenters. The number of rotatable bonds is 4. The van der Waals surface area contributed by atoms with Crippen LogP contribution in [-0.4, -0.2) is 32.2 Å². The third kappa shape index (κ3) is 4.30. The first kappa shape index (κ1) is 15.5. The molecule has 4 nitrogen and oxygen atoms in total. The van der Waals surface area contributed by atoms with Crippen LogP contribution in [0.25, 0.3) is 0 Å². The van der Waals surface area contributed by atoms with Crippen LogP contribution in [-0.2, 0) is 16.6 Å². The Balaban J connectivity index is 1.92. The summed E-state index contributed by atoms with van der Waals surface area (Å²) in [7, 11) is -3.33. The van der Waals surface area contributed by atoms with E-state index < -0.39 is 10.0 Å². The highest BCUT2D eigenvalue weighted by Gasteiger charge is 2.23. The summed E-state index contributed by atoms with van der Waals surface area (Å²) in [6.07, 6.45) is 1.84. The summed E-state index contributed by atoms with van der Waals surface area (Å²) in [5.41, 5.74) is 4.06. The molecule has 0 radical (unpaired) electrons. The van der Waals surface area contributed by atoms with Gasteiger partial charge in [-0.05, 0) is 62.4 Å². The van der Waals surface area contributed by atoms with E-state index in [4.69, 9.17) is 5.14 Å². The van der Waals surface area contributed by atoms with Gasteiger partial charge in [0.2, 0.25) is 10.0 Å². The zero-order valence-electron chi connectivity index (χ0n) is 12.3. The molecule has 0 spiro atoms. The van der Waals surface area contributed by atoms with Crippen molar-refractivity contribution < 1.29 is 8.42 Å². The Bertz CT molecular complexity index is 541. The van der Waals surface area contributed by atoms with E-state index in [2.05, 4.69) is 36.9 Å². The van der Waals surface area contributed by atoms with Gasteiger partial charge in [-0.2, -0.15) is 0 Å². The standard InChI is InChI=1S/C15H24N2O2S/c1-12-4-3-5-13(2)15(12)10-17-8-6-14(7-9-17)11-20(16,18)19/h3-5,14H,6-11H2,1-2H3,(H2,16,18,19). The van der Waals surface area contributed by atoms with Crippen LogP contribution in [0.2, 0.25) is 0 Å². The van der Waals surface area contributed by atoms with Crippen molar-refractivity contribution in [3.8, 4) is 0 Å². The van der Waals surface area contributed by atoms with Crippen LogP contribution < -0.4 is 5.14 Å². The lowest BCUT2D eigenvalue weighted by Crippen LogP contribution is -2.36. The molecule has 1 aliphatic heterocycles. The molecule has 0 atom stereocenters. The second kappa shape index (κ2) is 6.24. The Morgan fingerprint density at radius 3 is 2.25 bits per heavy atom. The Morgan fingerprint density at radius 2 is 1.75 bits per heavy atom. The van der Waals surface area contributed by atoms with E-state index in [0.29, 0.717) is 0 Å². The first-order valence-electron chi connectivity index (χ1n) is 7.13. The number of sulfonamides is 1. The van der Waals surface area contributed by atoms with Gasteiger partial charge in [0.15, 0.2) is 0 Å². The summed E-state index contributed by atoms with van der Waals surface area (Å²) < 4.78 is 22.3. The number of likely N-dealkylation sites (tertiary alicyclic amines) is 1. The molecule has 0 aliphatic carbocycles. The average molecular weight is 296 g/mol. The van der Waals surface area contributed by atoms with E-state index in [-0.39, 0.29) is 11.7 Å². The molecule has 1 saturated heterocycles. The van der Waals surface area contributed by atoms with Gasteiger partial charge in [0.1, 0.15) is 0 Å². The third-order valence-electron chi connectivity index (χ3n) is 4.20. The molecular weight excluding hydrogens is 272 g/mol. The normalized spacial score (nSPS) is 18.4. The highest BCUT2D eigenvalue weighted by molar-refractivity contribution is 7.89. The third-order valence-corrected chi connectivity index (χ3v) is 5.14. The van der Waals surface area contributed by atoms with Gasteiger partial charge in [0.25, 0.3) is 0 Å². The molecule has 20 heavy (non-hydrogen) atoms. The Morgan fingerprint density at radius 1 is 1.20 bits per heavy atom. The molecule has 5 heteroatoms. The molecule has 0 amide bonds. The summed E-state index contributed by atoms with van der Waals surface area (Å²) in [5, 5.41) is 5.12. The zero-order valence-corrected chi connectivity index (χ0v) is 13.1. The van der Waals surface area contributed by atoms with Crippen LogP contribution in [0.3, 0.4) is 0 Å². The number of nitrogens with two attached hydrogens (primary N) is 1. The highest BCUT2D eigenvalue weighted by atomic mass is 32.2. The first-order valence-corrected chi connectivity index (χ1v) is 8.84. The second-order valence-corrected chi connectivity index (χ2v) is 7.58. The maximum absolute atomic E-state index is 11.1. The van der Waals surface area contributed by atoms with Crippen molar-refractivity contribution in [1.29, 1.82) is 0 Å². The number of hydrogen-bond donors (Lipinski definition) is 1. The van der Waals surface area contributed by atoms with E-state index in [1.54, 1.807) is 0 Å². The second-order valence-electron chi connectivity index (χ2n) is 5.92. The van der Waals surface area contributed by atoms with Crippen LogP contribution in [0.5, 0.6) is 0 Å². The van der Waals surface area contributed by atoms with E-state index in [1.165, 1.54) is 16.7 Å². The number of primary sulfonamides is 1. The maximum Gasteiger partial charge on any atom is 0.209 e. The summed E-state index contributed by atoms with van der Waals surface area (Å²) in [5.74, 6) is 0.351. The van der Waals surface area contributed by atoms with Gasteiger partial charge in [0, 0.05) is 6.54 Å². The van der Waals surface area contributed by atoms with Crippen molar-refractivity contribution in [2.45, 2.75) is 33.2 Å². The van der Waals surface area contributed by atoms with Crippen LogP contribution in [0.4, 0.5) is 0 Å². The van der Waals surface area contributed by atoms with Gasteiger partial charge < -0.3 is 0 Å². The lowest BCUT2D eigenvalue weighted by atomic mass is 9.97. The fourth-order valence-electron chi connectivity index (χ4n) is 2.96. The fraction of sp³-hybridized carbons (Fsp3) is 0.600. The number of nitrogens with zero attached hydrogens (tertiary/aromatic N) is 1. The molecule has 0 bridgehead atoms. The molecule has 1 heterocycles. The monoisotopic (exact) mass is 296 g/mol. The molecule has 112 valence electrons. The van der Waals surface area contributed by atoms with E-state index >= 15 is 0 Å². The molecule has 2 rings (SSSR count). The predicted molar refractivity (Wildman–Crippen MR) is 81.9 cm³/mol. The summed E-state index contributed by atoms with van der Waals surface area (Å²) >= 11 is 0.